The van der Waals surface area contributed by atoms with Crippen molar-refractivity contribution in [1.82, 2.24) is 29.9 Å². The summed E-state index contributed by atoms with van der Waals surface area (Å²) >= 11 is 2.20. The number of aromatic nitrogens is 5. The Labute approximate surface area is 196 Å². The highest BCUT2D eigenvalue weighted by molar-refractivity contribution is 9.10. The molecule has 0 radical (unpaired) electrons. The third-order valence-corrected chi connectivity index (χ3v) is 9.51. The number of halogens is 1. The Morgan fingerprint density at radius 3 is 2.84 bits per heavy atom. The van der Waals surface area contributed by atoms with Crippen molar-refractivity contribution < 1.29 is 4.55 Å². The normalized spacial score (nSPS) is 25.2. The molecule has 0 bridgehead atoms. The Morgan fingerprint density at radius 1 is 1.31 bits per heavy atom. The molecular formula is C21H21BrN8OS. The number of aromatic amines is 1. The minimum atomic E-state index is -1.17. The van der Waals surface area contributed by atoms with E-state index in [2.05, 4.69) is 51.8 Å². The summed E-state index contributed by atoms with van der Waals surface area (Å²) in [5.74, 6) is 0.526. The van der Waals surface area contributed by atoms with Crippen LogP contribution < -0.4 is 9.62 Å². The van der Waals surface area contributed by atoms with Gasteiger partial charge in [-0.3, -0.25) is 10.1 Å². The van der Waals surface area contributed by atoms with Gasteiger partial charge in [0.05, 0.1) is 11.4 Å². The van der Waals surface area contributed by atoms with Crippen LogP contribution >= 0.6 is 15.9 Å². The van der Waals surface area contributed by atoms with Crippen LogP contribution in [-0.2, 0) is 22.5 Å². The monoisotopic (exact) mass is 512 g/mol. The predicted octanol–water partition coefficient (Wildman–Crippen LogP) is 2.77. The fourth-order valence-corrected chi connectivity index (χ4v) is 7.21. The number of pyridine rings is 1. The molecule has 5 heterocycles. The van der Waals surface area contributed by atoms with E-state index in [4.69, 9.17) is 4.98 Å². The highest BCUT2D eigenvalue weighted by Crippen LogP contribution is 2.57. The zero-order valence-corrected chi connectivity index (χ0v) is 20.0. The van der Waals surface area contributed by atoms with Gasteiger partial charge < -0.3 is 9.45 Å². The van der Waals surface area contributed by atoms with Crippen molar-refractivity contribution in [2.24, 2.45) is 5.41 Å². The second kappa shape index (κ2) is 6.87. The van der Waals surface area contributed by atoms with E-state index in [1.807, 2.05) is 26.1 Å². The van der Waals surface area contributed by atoms with E-state index in [9.17, 15) is 9.81 Å². The molecule has 2 N–H and O–H groups in total. The van der Waals surface area contributed by atoms with Crippen molar-refractivity contribution in [3.8, 4) is 6.07 Å². The molecule has 0 amide bonds. The number of nitrogens with one attached hydrogen (secondary N) is 2. The molecule has 2 aliphatic heterocycles. The quantitative estimate of drug-likeness (QED) is 0.476. The summed E-state index contributed by atoms with van der Waals surface area (Å²) in [6.07, 6.45) is 4.53. The average molecular weight is 513 g/mol. The maximum Gasteiger partial charge on any atom is 0.228 e. The fourth-order valence-electron chi connectivity index (χ4n) is 5.50. The van der Waals surface area contributed by atoms with Gasteiger partial charge in [-0.05, 0) is 55.1 Å². The number of hydrogen-bond donors (Lipinski definition) is 2. The predicted molar refractivity (Wildman–Crippen MR) is 123 cm³/mol. The molecule has 1 spiro atoms. The first-order valence-corrected chi connectivity index (χ1v) is 12.5. The van der Waals surface area contributed by atoms with Crippen molar-refractivity contribution in [2.45, 2.75) is 43.9 Å². The van der Waals surface area contributed by atoms with Crippen LogP contribution in [0.5, 0.6) is 0 Å². The first kappa shape index (κ1) is 20.4. The third kappa shape index (κ3) is 2.70. The van der Waals surface area contributed by atoms with Gasteiger partial charge >= 0.3 is 0 Å². The van der Waals surface area contributed by atoms with Crippen molar-refractivity contribution in [3.05, 3.63) is 39.4 Å². The number of rotatable bonds is 1. The van der Waals surface area contributed by atoms with Gasteiger partial charge in [-0.15, -0.1) is 4.72 Å². The number of H-pyrrole nitrogens is 1. The third-order valence-electron chi connectivity index (χ3n) is 7.34. The Hall–Kier alpha value is -2.26. The maximum absolute atomic E-state index is 13.1. The summed E-state index contributed by atoms with van der Waals surface area (Å²) in [5, 5.41) is 17.2. The van der Waals surface area contributed by atoms with Gasteiger partial charge in [0.15, 0.2) is 16.1 Å². The summed E-state index contributed by atoms with van der Waals surface area (Å²) in [4.78, 5) is 15.9. The molecule has 6 rings (SSSR count). The molecule has 3 aromatic heterocycles. The topological polar surface area (TPSA) is 129 Å². The van der Waals surface area contributed by atoms with E-state index in [0.717, 1.165) is 43.6 Å². The SMILES string of the molecule is CC1(C)c2ccnc3c2[C@@H](N[S+]1[O-])C1(CCN(c2nc(C#N)c4c(Br)[nH]nc4n2)CC1)C3. The Kier molecular flexibility index (Phi) is 4.37. The van der Waals surface area contributed by atoms with Crippen LogP contribution in [0.15, 0.2) is 16.9 Å². The molecule has 3 aliphatic rings. The average Bonchev–Trinajstić information content (AvgIpc) is 3.31. The molecule has 0 aromatic carbocycles. The summed E-state index contributed by atoms with van der Waals surface area (Å²) in [7, 11) is 0. The van der Waals surface area contributed by atoms with E-state index < -0.39 is 16.1 Å². The van der Waals surface area contributed by atoms with E-state index in [0.29, 0.717) is 27.3 Å². The standard InChI is InChI=1S/C21H21BrN8OS/c1-20(2)11-3-6-24-12-9-21(16(14(11)12)29-32(20)31)4-7-30(8-5-21)19-25-13(10-23)15-17(22)27-28-18(15)26-19/h3,6,16,29H,4-5,7-9H2,1-2H3,(H,25,26,27,28)/t16-,32?/m1/s1. The van der Waals surface area contributed by atoms with Gasteiger partial charge in [0.2, 0.25) is 5.95 Å². The van der Waals surface area contributed by atoms with Crippen LogP contribution in [0.1, 0.15) is 55.2 Å². The molecule has 1 fully saturated rings. The Bertz CT molecular complexity index is 1290. The Balaban J connectivity index is 1.31. The van der Waals surface area contributed by atoms with Gasteiger partial charge in [-0.1, -0.05) is 0 Å². The van der Waals surface area contributed by atoms with Gasteiger partial charge in [-0.25, -0.2) is 4.98 Å². The molecule has 2 atom stereocenters. The lowest BCUT2D eigenvalue weighted by Gasteiger charge is -2.46. The molecule has 164 valence electrons. The second-order valence-electron chi connectivity index (χ2n) is 9.30. The van der Waals surface area contributed by atoms with Crippen molar-refractivity contribution in [1.29, 1.82) is 5.26 Å². The van der Waals surface area contributed by atoms with E-state index in [1.165, 1.54) is 5.56 Å². The summed E-state index contributed by atoms with van der Waals surface area (Å²) < 4.78 is 16.7. The minimum Gasteiger partial charge on any atom is -0.597 e. The highest BCUT2D eigenvalue weighted by Gasteiger charge is 2.57. The largest absolute Gasteiger partial charge is 0.597 e. The Morgan fingerprint density at radius 2 is 2.09 bits per heavy atom. The van der Waals surface area contributed by atoms with Gasteiger partial charge in [-0.2, -0.15) is 15.3 Å². The molecule has 11 heteroatoms. The van der Waals surface area contributed by atoms with Crippen LogP contribution in [0.4, 0.5) is 5.95 Å². The lowest BCUT2D eigenvalue weighted by molar-refractivity contribution is 0.172. The van der Waals surface area contributed by atoms with Crippen LogP contribution in [0, 0.1) is 16.7 Å². The van der Waals surface area contributed by atoms with E-state index >= 15 is 0 Å². The molecule has 3 aromatic rings. The molecular weight excluding hydrogens is 492 g/mol. The van der Waals surface area contributed by atoms with Gasteiger partial charge in [0.1, 0.15) is 10.7 Å². The number of hydrogen-bond acceptors (Lipinski definition) is 8. The maximum atomic E-state index is 13.1. The molecule has 1 unspecified atom stereocenters. The minimum absolute atomic E-state index is 0.0361. The molecule has 9 nitrogen and oxygen atoms in total. The zero-order chi connectivity index (χ0) is 22.3. The number of nitrogens with zero attached hydrogens (tertiary/aromatic N) is 6. The first-order valence-electron chi connectivity index (χ1n) is 10.6. The number of nitriles is 1. The summed E-state index contributed by atoms with van der Waals surface area (Å²) in [5.41, 5.74) is 4.28. The fraction of sp³-hybridized carbons (Fsp3) is 0.476. The second-order valence-corrected chi connectivity index (χ2v) is 11.9. The van der Waals surface area contributed by atoms with Gasteiger partial charge in [0.25, 0.3) is 0 Å². The number of piperidine rings is 1. The highest BCUT2D eigenvalue weighted by atomic mass is 79.9. The molecule has 1 aliphatic carbocycles. The van der Waals surface area contributed by atoms with Crippen LogP contribution in [0.25, 0.3) is 11.0 Å². The van der Waals surface area contributed by atoms with Crippen molar-refractivity contribution in [3.63, 3.8) is 0 Å². The molecule has 1 saturated heterocycles. The van der Waals surface area contributed by atoms with Crippen molar-refractivity contribution >= 4 is 44.3 Å². The summed E-state index contributed by atoms with van der Waals surface area (Å²) in [6, 6.07) is 4.23. The molecule has 0 saturated carbocycles. The lowest BCUT2D eigenvalue weighted by Crippen LogP contribution is -2.53. The smallest absolute Gasteiger partial charge is 0.228 e. The van der Waals surface area contributed by atoms with Crippen LogP contribution in [0.2, 0.25) is 0 Å². The number of fused-ring (bicyclic) bond motifs is 2. The lowest BCUT2D eigenvalue weighted by atomic mass is 9.72. The summed E-state index contributed by atoms with van der Waals surface area (Å²) in [6.45, 7) is 5.56. The van der Waals surface area contributed by atoms with Crippen LogP contribution in [0.3, 0.4) is 0 Å². The van der Waals surface area contributed by atoms with Crippen LogP contribution in [-0.4, -0.2) is 42.8 Å². The molecule has 32 heavy (non-hydrogen) atoms. The van der Waals surface area contributed by atoms with Crippen molar-refractivity contribution in [2.75, 3.05) is 18.0 Å². The van der Waals surface area contributed by atoms with E-state index in [1.54, 1.807) is 0 Å². The first-order chi connectivity index (χ1) is 15.3. The van der Waals surface area contributed by atoms with Gasteiger partial charge in [0, 0.05) is 52.9 Å². The number of anilines is 1. The zero-order valence-electron chi connectivity index (χ0n) is 17.6. The van der Waals surface area contributed by atoms with E-state index in [-0.39, 0.29) is 11.5 Å².